The van der Waals surface area contributed by atoms with Crippen molar-refractivity contribution in [2.75, 3.05) is 37.4 Å². The van der Waals surface area contributed by atoms with E-state index in [1.54, 1.807) is 41.3 Å². The van der Waals surface area contributed by atoms with Gasteiger partial charge in [0, 0.05) is 38.4 Å². The molecule has 174 valence electrons. The number of hydrogen-bond acceptors (Lipinski definition) is 5. The van der Waals surface area contributed by atoms with Crippen LogP contribution in [0.15, 0.2) is 77.7 Å². The molecular weight excluding hydrogens is 438 g/mol. The number of amides is 1. The van der Waals surface area contributed by atoms with Gasteiger partial charge in [-0.25, -0.2) is 8.42 Å². The Morgan fingerprint density at radius 3 is 2.30 bits per heavy atom. The van der Waals surface area contributed by atoms with Gasteiger partial charge in [0.25, 0.3) is 15.9 Å². The molecule has 0 unspecified atom stereocenters. The van der Waals surface area contributed by atoms with Crippen molar-refractivity contribution in [1.82, 2.24) is 4.90 Å². The fraction of sp³-hybridized carbons (Fsp3) is 0.240. The van der Waals surface area contributed by atoms with Crippen LogP contribution < -0.4 is 14.4 Å². The molecule has 7 nitrogen and oxygen atoms in total. The van der Waals surface area contributed by atoms with Crippen LogP contribution in [0.5, 0.6) is 5.75 Å². The Kier molecular flexibility index (Phi) is 7.60. The van der Waals surface area contributed by atoms with Crippen LogP contribution in [0.2, 0.25) is 0 Å². The third-order valence-electron chi connectivity index (χ3n) is 5.24. The standard InChI is InChI=1S/C25H29N3O4S/c1-5-28(18-19-13-15-21(16-14-19)27(2)3)25(29)20-9-8-10-22(17-20)33(30,31)26-23-11-6-7-12-24(23)32-4/h6-17,26H,5,18H2,1-4H3. The molecular formula is C25H29N3O4S. The lowest BCUT2D eigenvalue weighted by atomic mass is 10.1. The Morgan fingerprint density at radius 2 is 1.67 bits per heavy atom. The monoisotopic (exact) mass is 467 g/mol. The third-order valence-corrected chi connectivity index (χ3v) is 6.60. The van der Waals surface area contributed by atoms with E-state index in [0.29, 0.717) is 30.1 Å². The summed E-state index contributed by atoms with van der Waals surface area (Å²) in [4.78, 5) is 16.9. The maximum Gasteiger partial charge on any atom is 0.262 e. The van der Waals surface area contributed by atoms with E-state index in [2.05, 4.69) is 4.72 Å². The molecule has 3 rings (SSSR count). The lowest BCUT2D eigenvalue weighted by Gasteiger charge is -2.22. The Labute approximate surface area is 195 Å². The quantitative estimate of drug-likeness (QED) is 0.510. The van der Waals surface area contributed by atoms with Gasteiger partial charge in [-0.15, -0.1) is 0 Å². The van der Waals surface area contributed by atoms with Crippen molar-refractivity contribution in [3.8, 4) is 5.75 Å². The van der Waals surface area contributed by atoms with Gasteiger partial charge in [-0.05, 0) is 55.0 Å². The Bertz CT molecular complexity index is 1210. The maximum absolute atomic E-state index is 13.2. The predicted molar refractivity (Wildman–Crippen MR) is 131 cm³/mol. The summed E-state index contributed by atoms with van der Waals surface area (Å²) in [5, 5.41) is 0. The number of methoxy groups -OCH3 is 1. The van der Waals surface area contributed by atoms with Crippen molar-refractivity contribution < 1.29 is 17.9 Å². The molecule has 0 aliphatic heterocycles. The normalized spacial score (nSPS) is 11.0. The van der Waals surface area contributed by atoms with Gasteiger partial charge in [-0.1, -0.05) is 30.3 Å². The minimum atomic E-state index is -3.91. The summed E-state index contributed by atoms with van der Waals surface area (Å²) in [6.07, 6.45) is 0. The van der Waals surface area contributed by atoms with Gasteiger partial charge >= 0.3 is 0 Å². The minimum Gasteiger partial charge on any atom is -0.495 e. The highest BCUT2D eigenvalue weighted by molar-refractivity contribution is 7.92. The number of anilines is 2. The lowest BCUT2D eigenvalue weighted by molar-refractivity contribution is 0.0752. The summed E-state index contributed by atoms with van der Waals surface area (Å²) in [5.41, 5.74) is 2.71. The maximum atomic E-state index is 13.2. The van der Waals surface area contributed by atoms with E-state index in [1.807, 2.05) is 50.2 Å². The minimum absolute atomic E-state index is 0.00523. The van der Waals surface area contributed by atoms with Gasteiger partial charge in [0.1, 0.15) is 5.75 Å². The van der Waals surface area contributed by atoms with Crippen LogP contribution in [0.4, 0.5) is 11.4 Å². The Morgan fingerprint density at radius 1 is 0.970 bits per heavy atom. The molecule has 3 aromatic rings. The zero-order valence-corrected chi connectivity index (χ0v) is 20.1. The largest absolute Gasteiger partial charge is 0.495 e. The zero-order valence-electron chi connectivity index (χ0n) is 19.3. The number of nitrogens with zero attached hydrogens (tertiary/aromatic N) is 2. The van der Waals surface area contributed by atoms with E-state index in [-0.39, 0.29) is 10.8 Å². The molecule has 33 heavy (non-hydrogen) atoms. The van der Waals surface area contributed by atoms with E-state index in [1.165, 1.54) is 19.2 Å². The molecule has 0 atom stereocenters. The Balaban J connectivity index is 1.81. The molecule has 0 fully saturated rings. The highest BCUT2D eigenvalue weighted by atomic mass is 32.2. The number of ether oxygens (including phenoxy) is 1. The number of carbonyl (C=O) groups is 1. The van der Waals surface area contributed by atoms with Gasteiger partial charge in [-0.3, -0.25) is 9.52 Å². The fourth-order valence-electron chi connectivity index (χ4n) is 3.36. The summed E-state index contributed by atoms with van der Waals surface area (Å²) >= 11 is 0. The molecule has 1 amide bonds. The molecule has 1 N–H and O–H groups in total. The summed E-state index contributed by atoms with van der Waals surface area (Å²) in [5.74, 6) is 0.175. The molecule has 0 radical (unpaired) electrons. The van der Waals surface area contributed by atoms with Crippen molar-refractivity contribution in [2.24, 2.45) is 0 Å². The molecule has 0 bridgehead atoms. The van der Waals surface area contributed by atoms with Crippen LogP contribution in [-0.4, -0.2) is 47.0 Å². The first kappa shape index (κ1) is 24.1. The van der Waals surface area contributed by atoms with Crippen LogP contribution in [0.3, 0.4) is 0 Å². The third kappa shape index (κ3) is 5.84. The average Bonchev–Trinajstić information content (AvgIpc) is 2.82. The van der Waals surface area contributed by atoms with E-state index in [9.17, 15) is 13.2 Å². The average molecular weight is 468 g/mol. The zero-order chi connectivity index (χ0) is 24.0. The summed E-state index contributed by atoms with van der Waals surface area (Å²) < 4.78 is 33.7. The number of sulfonamides is 1. The van der Waals surface area contributed by atoms with Gasteiger partial charge in [0.2, 0.25) is 0 Å². The molecule has 3 aromatic carbocycles. The van der Waals surface area contributed by atoms with Crippen LogP contribution in [0.1, 0.15) is 22.8 Å². The van der Waals surface area contributed by atoms with Crippen molar-refractivity contribution in [2.45, 2.75) is 18.4 Å². The van der Waals surface area contributed by atoms with Crippen molar-refractivity contribution >= 4 is 27.3 Å². The van der Waals surface area contributed by atoms with E-state index >= 15 is 0 Å². The second-order valence-corrected chi connectivity index (χ2v) is 9.40. The molecule has 0 spiro atoms. The van der Waals surface area contributed by atoms with Crippen molar-refractivity contribution in [1.29, 1.82) is 0 Å². The number of benzene rings is 3. The first-order valence-electron chi connectivity index (χ1n) is 10.6. The summed E-state index contributed by atoms with van der Waals surface area (Å²) in [7, 11) is 1.51. The second kappa shape index (κ2) is 10.4. The van der Waals surface area contributed by atoms with E-state index in [4.69, 9.17) is 4.74 Å². The summed E-state index contributed by atoms with van der Waals surface area (Å²) in [6.45, 7) is 2.82. The predicted octanol–water partition coefficient (Wildman–Crippen LogP) is 4.22. The first-order chi connectivity index (χ1) is 15.7. The molecule has 0 saturated heterocycles. The van der Waals surface area contributed by atoms with Crippen molar-refractivity contribution in [3.63, 3.8) is 0 Å². The van der Waals surface area contributed by atoms with Crippen LogP contribution in [0, 0.1) is 0 Å². The molecule has 0 aliphatic carbocycles. The van der Waals surface area contributed by atoms with Crippen LogP contribution in [-0.2, 0) is 16.6 Å². The SMILES string of the molecule is CCN(Cc1ccc(N(C)C)cc1)C(=O)c1cccc(S(=O)(=O)Nc2ccccc2OC)c1. The van der Waals surface area contributed by atoms with Gasteiger partial charge in [0.15, 0.2) is 0 Å². The molecule has 0 heterocycles. The van der Waals surface area contributed by atoms with Crippen LogP contribution in [0.25, 0.3) is 0 Å². The van der Waals surface area contributed by atoms with Crippen molar-refractivity contribution in [3.05, 3.63) is 83.9 Å². The van der Waals surface area contributed by atoms with E-state index < -0.39 is 10.0 Å². The molecule has 0 aromatic heterocycles. The number of nitrogens with one attached hydrogen (secondary N) is 1. The van der Waals surface area contributed by atoms with Gasteiger partial charge in [-0.2, -0.15) is 0 Å². The number of hydrogen-bond donors (Lipinski definition) is 1. The first-order valence-corrected chi connectivity index (χ1v) is 12.0. The summed E-state index contributed by atoms with van der Waals surface area (Å²) in [6, 6.07) is 20.8. The topological polar surface area (TPSA) is 79.0 Å². The smallest absolute Gasteiger partial charge is 0.262 e. The number of para-hydroxylation sites is 2. The lowest BCUT2D eigenvalue weighted by Crippen LogP contribution is -2.30. The highest BCUT2D eigenvalue weighted by Crippen LogP contribution is 2.26. The molecule has 8 heteroatoms. The second-order valence-electron chi connectivity index (χ2n) is 7.71. The van der Waals surface area contributed by atoms with Gasteiger partial charge in [0.05, 0.1) is 17.7 Å². The molecule has 0 aliphatic rings. The number of rotatable bonds is 9. The number of carbonyl (C=O) groups excluding carboxylic acids is 1. The van der Waals surface area contributed by atoms with Gasteiger partial charge < -0.3 is 14.5 Å². The van der Waals surface area contributed by atoms with E-state index in [0.717, 1.165) is 11.3 Å². The fourth-order valence-corrected chi connectivity index (χ4v) is 4.47. The molecule has 0 saturated carbocycles. The highest BCUT2D eigenvalue weighted by Gasteiger charge is 2.20. The van der Waals surface area contributed by atoms with Crippen LogP contribution >= 0.6 is 0 Å². The Hall–Kier alpha value is -3.52.